The minimum atomic E-state index is -0.424. The molecule has 1 aliphatic rings. The van der Waals surface area contributed by atoms with Gasteiger partial charge in [0.2, 0.25) is 5.91 Å². The molecule has 1 fully saturated rings. The van der Waals surface area contributed by atoms with Crippen molar-refractivity contribution in [1.29, 1.82) is 0 Å². The standard InChI is InChI=1S/C22H32N4O2/c1-17(16-28-19-8-6-5-7-9-19)25-14-11-18(12-15-25)26-20(10-13-23-26)24-21(27)22(2,3)4/h5-10,13,17-18H,11-12,14-16H2,1-4H3,(H,24,27). The van der Waals surface area contributed by atoms with Gasteiger partial charge in [-0.1, -0.05) is 39.0 Å². The first-order valence-corrected chi connectivity index (χ1v) is 10.1. The number of piperidine rings is 1. The van der Waals surface area contributed by atoms with Crippen molar-refractivity contribution in [2.45, 2.75) is 52.6 Å². The first kappa shape index (κ1) is 20.4. The molecule has 2 heterocycles. The van der Waals surface area contributed by atoms with E-state index in [1.807, 2.05) is 61.9 Å². The number of rotatable bonds is 6. The zero-order valence-corrected chi connectivity index (χ0v) is 17.4. The molecule has 1 aromatic carbocycles. The molecular weight excluding hydrogens is 352 g/mol. The smallest absolute Gasteiger partial charge is 0.230 e. The van der Waals surface area contributed by atoms with Crippen LogP contribution in [0.2, 0.25) is 0 Å². The number of benzene rings is 1. The number of hydrogen-bond acceptors (Lipinski definition) is 4. The molecule has 6 nitrogen and oxygen atoms in total. The Bertz CT molecular complexity index is 758. The molecule has 0 radical (unpaired) electrons. The molecular formula is C22H32N4O2. The number of hydrogen-bond donors (Lipinski definition) is 1. The number of likely N-dealkylation sites (tertiary alicyclic amines) is 1. The number of aromatic nitrogens is 2. The predicted molar refractivity (Wildman–Crippen MR) is 112 cm³/mol. The number of nitrogens with zero attached hydrogens (tertiary/aromatic N) is 3. The van der Waals surface area contributed by atoms with Gasteiger partial charge in [0.25, 0.3) is 0 Å². The number of amides is 1. The summed E-state index contributed by atoms with van der Waals surface area (Å²) in [6.07, 6.45) is 3.78. The van der Waals surface area contributed by atoms with E-state index in [1.165, 1.54) is 0 Å². The van der Waals surface area contributed by atoms with Gasteiger partial charge in [0.1, 0.15) is 18.2 Å². The monoisotopic (exact) mass is 384 g/mol. The third kappa shape index (κ3) is 5.13. The Labute approximate surface area is 167 Å². The van der Waals surface area contributed by atoms with E-state index in [0.29, 0.717) is 18.7 Å². The van der Waals surface area contributed by atoms with Crippen LogP contribution in [-0.2, 0) is 4.79 Å². The van der Waals surface area contributed by atoms with E-state index in [4.69, 9.17) is 4.74 Å². The van der Waals surface area contributed by atoms with Crippen LogP contribution in [0.5, 0.6) is 5.75 Å². The highest BCUT2D eigenvalue weighted by molar-refractivity contribution is 5.93. The van der Waals surface area contributed by atoms with Crippen molar-refractivity contribution in [2.24, 2.45) is 5.41 Å². The van der Waals surface area contributed by atoms with E-state index in [9.17, 15) is 4.79 Å². The fraction of sp³-hybridized carbons (Fsp3) is 0.545. The first-order chi connectivity index (χ1) is 13.3. The summed E-state index contributed by atoms with van der Waals surface area (Å²) in [5.74, 6) is 1.72. The maximum absolute atomic E-state index is 12.3. The van der Waals surface area contributed by atoms with Gasteiger partial charge in [0, 0.05) is 30.6 Å². The van der Waals surface area contributed by atoms with Crippen LogP contribution in [0.4, 0.5) is 5.82 Å². The summed E-state index contributed by atoms with van der Waals surface area (Å²) in [4.78, 5) is 14.8. The van der Waals surface area contributed by atoms with Gasteiger partial charge in [-0.2, -0.15) is 5.10 Å². The van der Waals surface area contributed by atoms with E-state index >= 15 is 0 Å². The van der Waals surface area contributed by atoms with Crippen molar-refractivity contribution >= 4 is 11.7 Å². The Kier molecular flexibility index (Phi) is 6.39. The van der Waals surface area contributed by atoms with Gasteiger partial charge in [-0.15, -0.1) is 0 Å². The molecule has 1 N–H and O–H groups in total. The fourth-order valence-corrected chi connectivity index (χ4v) is 3.42. The minimum absolute atomic E-state index is 0.0124. The molecule has 1 unspecified atom stereocenters. The van der Waals surface area contributed by atoms with E-state index in [0.717, 1.165) is 37.5 Å². The quantitative estimate of drug-likeness (QED) is 0.819. The number of carbonyl (C=O) groups is 1. The summed E-state index contributed by atoms with van der Waals surface area (Å²) < 4.78 is 7.89. The molecule has 0 bridgehead atoms. The third-order valence-electron chi connectivity index (χ3n) is 5.30. The van der Waals surface area contributed by atoms with Gasteiger partial charge in [0.05, 0.1) is 12.2 Å². The van der Waals surface area contributed by atoms with Crippen molar-refractivity contribution < 1.29 is 9.53 Å². The maximum atomic E-state index is 12.3. The van der Waals surface area contributed by atoms with Crippen molar-refractivity contribution in [3.8, 4) is 5.75 Å². The number of ether oxygens (including phenoxy) is 1. The Morgan fingerprint density at radius 1 is 1.21 bits per heavy atom. The van der Waals surface area contributed by atoms with E-state index < -0.39 is 5.41 Å². The summed E-state index contributed by atoms with van der Waals surface area (Å²) in [6, 6.07) is 12.5. The van der Waals surface area contributed by atoms with Crippen LogP contribution in [0.1, 0.15) is 46.6 Å². The highest BCUT2D eigenvalue weighted by atomic mass is 16.5. The lowest BCUT2D eigenvalue weighted by Gasteiger charge is -2.36. The van der Waals surface area contributed by atoms with E-state index in [-0.39, 0.29) is 5.91 Å². The van der Waals surface area contributed by atoms with Crippen molar-refractivity contribution in [2.75, 3.05) is 25.0 Å². The molecule has 1 saturated heterocycles. The summed E-state index contributed by atoms with van der Waals surface area (Å²) >= 11 is 0. The zero-order valence-electron chi connectivity index (χ0n) is 17.4. The molecule has 3 rings (SSSR count). The topological polar surface area (TPSA) is 59.4 Å². The second-order valence-electron chi connectivity index (χ2n) is 8.61. The summed E-state index contributed by atoms with van der Waals surface area (Å²) in [7, 11) is 0. The average molecular weight is 385 g/mol. The molecule has 152 valence electrons. The predicted octanol–water partition coefficient (Wildman–Crippen LogP) is 3.97. The van der Waals surface area contributed by atoms with Crippen molar-refractivity contribution in [3.63, 3.8) is 0 Å². The molecule has 1 amide bonds. The minimum Gasteiger partial charge on any atom is -0.492 e. The lowest BCUT2D eigenvalue weighted by molar-refractivity contribution is -0.123. The Morgan fingerprint density at radius 2 is 1.89 bits per heavy atom. The second kappa shape index (κ2) is 8.78. The summed E-state index contributed by atoms with van der Waals surface area (Å²) in [5.41, 5.74) is -0.424. The number of carbonyl (C=O) groups excluding carboxylic acids is 1. The maximum Gasteiger partial charge on any atom is 0.230 e. The molecule has 0 spiro atoms. The Morgan fingerprint density at radius 3 is 2.54 bits per heavy atom. The molecule has 28 heavy (non-hydrogen) atoms. The highest BCUT2D eigenvalue weighted by Gasteiger charge is 2.27. The molecule has 1 aromatic heterocycles. The van der Waals surface area contributed by atoms with Crippen LogP contribution in [0, 0.1) is 5.41 Å². The van der Waals surface area contributed by atoms with E-state index in [2.05, 4.69) is 22.2 Å². The van der Waals surface area contributed by atoms with Crippen LogP contribution in [0.25, 0.3) is 0 Å². The Hall–Kier alpha value is -2.34. The van der Waals surface area contributed by atoms with Crippen LogP contribution in [-0.4, -0.2) is 46.3 Å². The fourth-order valence-electron chi connectivity index (χ4n) is 3.42. The number of anilines is 1. The molecule has 0 saturated carbocycles. The Balaban J connectivity index is 1.51. The highest BCUT2D eigenvalue weighted by Crippen LogP contribution is 2.27. The van der Waals surface area contributed by atoms with Gasteiger partial charge in [-0.3, -0.25) is 9.69 Å². The molecule has 2 aromatic rings. The lowest BCUT2D eigenvalue weighted by Crippen LogP contribution is -2.43. The van der Waals surface area contributed by atoms with Gasteiger partial charge in [-0.25, -0.2) is 4.68 Å². The van der Waals surface area contributed by atoms with Gasteiger partial charge < -0.3 is 10.1 Å². The molecule has 1 aliphatic heterocycles. The van der Waals surface area contributed by atoms with E-state index in [1.54, 1.807) is 6.20 Å². The van der Waals surface area contributed by atoms with Gasteiger partial charge in [0.15, 0.2) is 0 Å². The average Bonchev–Trinajstić information content (AvgIpc) is 3.14. The van der Waals surface area contributed by atoms with Gasteiger partial charge >= 0.3 is 0 Å². The molecule has 1 atom stereocenters. The second-order valence-corrected chi connectivity index (χ2v) is 8.61. The summed E-state index contributed by atoms with van der Waals surface area (Å²) in [6.45, 7) is 10.6. The van der Waals surface area contributed by atoms with Crippen LogP contribution >= 0.6 is 0 Å². The number of para-hydroxylation sites is 1. The first-order valence-electron chi connectivity index (χ1n) is 10.1. The van der Waals surface area contributed by atoms with Crippen LogP contribution < -0.4 is 10.1 Å². The van der Waals surface area contributed by atoms with Crippen molar-refractivity contribution in [1.82, 2.24) is 14.7 Å². The normalized spacial score (nSPS) is 17.3. The van der Waals surface area contributed by atoms with Gasteiger partial charge in [-0.05, 0) is 31.9 Å². The molecule has 0 aliphatic carbocycles. The lowest BCUT2D eigenvalue weighted by atomic mass is 9.96. The van der Waals surface area contributed by atoms with Crippen LogP contribution in [0.3, 0.4) is 0 Å². The summed E-state index contributed by atoms with van der Waals surface area (Å²) in [5, 5.41) is 7.51. The third-order valence-corrected chi connectivity index (χ3v) is 5.30. The molecule has 6 heteroatoms. The number of nitrogens with one attached hydrogen (secondary N) is 1. The van der Waals surface area contributed by atoms with Crippen molar-refractivity contribution in [3.05, 3.63) is 42.6 Å². The largest absolute Gasteiger partial charge is 0.492 e. The SMILES string of the molecule is CC(COc1ccccc1)N1CCC(n2nccc2NC(=O)C(C)(C)C)CC1. The van der Waals surface area contributed by atoms with Crippen LogP contribution in [0.15, 0.2) is 42.6 Å². The zero-order chi connectivity index (χ0) is 20.1.